The van der Waals surface area contributed by atoms with Crippen LogP contribution in [0.3, 0.4) is 0 Å². The number of amides is 2. The Hall–Kier alpha value is -1.72. The number of unbranched alkanes of at least 4 members (excludes halogenated alkanes) is 1. The van der Waals surface area contributed by atoms with Gasteiger partial charge in [0.05, 0.1) is 0 Å². The molecule has 3 aliphatic rings. The predicted molar refractivity (Wildman–Crippen MR) is 114 cm³/mol. The molecule has 0 radical (unpaired) electrons. The van der Waals surface area contributed by atoms with Gasteiger partial charge in [0.15, 0.2) is 0 Å². The van der Waals surface area contributed by atoms with Crippen LogP contribution in [0.25, 0.3) is 0 Å². The van der Waals surface area contributed by atoms with E-state index in [-0.39, 0.29) is 29.1 Å². The Kier molecular flexibility index (Phi) is 6.07. The van der Waals surface area contributed by atoms with Crippen LogP contribution in [0.15, 0.2) is 30.3 Å². The molecule has 0 N–H and O–H groups in total. The summed E-state index contributed by atoms with van der Waals surface area (Å²) >= 11 is 0. The Bertz CT molecular complexity index is 699. The Morgan fingerprint density at radius 2 is 1.38 bits per heavy atom. The second-order valence-corrected chi connectivity index (χ2v) is 9.64. The molecule has 2 atom stereocenters. The fraction of sp³-hybridized carbons (Fsp3) is 0.667. The predicted octanol–water partition coefficient (Wildman–Crippen LogP) is 3.01. The highest BCUT2D eigenvalue weighted by Crippen LogP contribution is 2.52. The van der Waals surface area contributed by atoms with Crippen molar-refractivity contribution >= 4 is 11.8 Å². The summed E-state index contributed by atoms with van der Waals surface area (Å²) in [4.78, 5) is 32.2. The normalized spacial score (nSPS) is 27.6. The number of fused-ring (bicyclic) bond motifs is 2. The molecular weight excluding hydrogens is 362 g/mol. The SMILES string of the molecule is CC1(C)[C@@H]2CC[C@H]1C(=O)N(CCCCN1CCN(Cc3ccccc3)CC1)C2=O. The Morgan fingerprint density at radius 3 is 2.00 bits per heavy atom. The van der Waals surface area contributed by atoms with E-state index in [2.05, 4.69) is 54.0 Å². The lowest BCUT2D eigenvalue weighted by molar-refractivity contribution is -0.160. The standard InChI is InChI=1S/C24H35N3O2/c1-24(2)20-10-11-21(24)23(29)27(22(20)28)13-7-6-12-25-14-16-26(17-15-25)18-19-8-4-3-5-9-19/h3-5,8-9,20-21H,6-7,10-18H2,1-2H3/t20-,21+. The van der Waals surface area contributed by atoms with Crippen molar-refractivity contribution in [3.8, 4) is 0 Å². The molecular formula is C24H35N3O2. The van der Waals surface area contributed by atoms with Gasteiger partial charge in [0.25, 0.3) is 0 Å². The molecule has 2 saturated heterocycles. The van der Waals surface area contributed by atoms with E-state index in [1.807, 2.05) is 0 Å². The van der Waals surface area contributed by atoms with Gasteiger partial charge in [0.2, 0.25) is 11.8 Å². The number of piperidine rings is 1. The highest BCUT2D eigenvalue weighted by molar-refractivity contribution is 6.01. The monoisotopic (exact) mass is 397 g/mol. The van der Waals surface area contributed by atoms with Crippen LogP contribution in [-0.4, -0.2) is 65.8 Å². The zero-order valence-corrected chi connectivity index (χ0v) is 18.0. The van der Waals surface area contributed by atoms with E-state index in [9.17, 15) is 9.59 Å². The summed E-state index contributed by atoms with van der Waals surface area (Å²) in [7, 11) is 0. The zero-order valence-electron chi connectivity index (χ0n) is 18.0. The third-order valence-electron chi connectivity index (χ3n) is 7.49. The second-order valence-electron chi connectivity index (χ2n) is 9.64. The first kappa shape index (κ1) is 20.5. The minimum atomic E-state index is -0.149. The second kappa shape index (κ2) is 8.57. The van der Waals surface area contributed by atoms with E-state index in [4.69, 9.17) is 0 Å². The fourth-order valence-corrected chi connectivity index (χ4v) is 5.53. The molecule has 158 valence electrons. The number of nitrogens with zero attached hydrogens (tertiary/aromatic N) is 3. The number of rotatable bonds is 7. The van der Waals surface area contributed by atoms with Crippen molar-refractivity contribution in [1.82, 2.24) is 14.7 Å². The lowest BCUT2D eigenvalue weighted by Gasteiger charge is -2.41. The number of likely N-dealkylation sites (tertiary alicyclic amines) is 1. The van der Waals surface area contributed by atoms with Crippen molar-refractivity contribution in [3.05, 3.63) is 35.9 Å². The zero-order chi connectivity index (χ0) is 20.4. The van der Waals surface area contributed by atoms with Crippen molar-refractivity contribution in [2.45, 2.75) is 46.1 Å². The summed E-state index contributed by atoms with van der Waals surface area (Å²) in [5, 5.41) is 0. The van der Waals surface area contributed by atoms with Crippen molar-refractivity contribution < 1.29 is 9.59 Å². The van der Waals surface area contributed by atoms with Crippen LogP contribution in [0.4, 0.5) is 0 Å². The molecule has 5 heteroatoms. The van der Waals surface area contributed by atoms with E-state index in [0.29, 0.717) is 6.54 Å². The van der Waals surface area contributed by atoms with Crippen LogP contribution in [0.5, 0.6) is 0 Å². The van der Waals surface area contributed by atoms with Crippen molar-refractivity contribution in [2.75, 3.05) is 39.3 Å². The van der Waals surface area contributed by atoms with Crippen LogP contribution in [-0.2, 0) is 16.1 Å². The Balaban J connectivity index is 1.16. The van der Waals surface area contributed by atoms with Gasteiger partial charge in [0, 0.05) is 51.1 Å². The molecule has 1 aromatic rings. The van der Waals surface area contributed by atoms with Crippen molar-refractivity contribution in [3.63, 3.8) is 0 Å². The first-order valence-corrected chi connectivity index (χ1v) is 11.3. The number of hydrogen-bond acceptors (Lipinski definition) is 4. The average Bonchev–Trinajstić information content (AvgIpc) is 2.96. The molecule has 0 aromatic heterocycles. The molecule has 4 rings (SSSR count). The number of carbonyl (C=O) groups excluding carboxylic acids is 2. The summed E-state index contributed by atoms with van der Waals surface area (Å²) < 4.78 is 0. The fourth-order valence-electron chi connectivity index (χ4n) is 5.53. The topological polar surface area (TPSA) is 43.9 Å². The molecule has 1 aromatic carbocycles. The quantitative estimate of drug-likeness (QED) is 0.524. The first-order valence-electron chi connectivity index (χ1n) is 11.3. The Labute approximate surface area is 175 Å². The van der Waals surface area contributed by atoms with Crippen LogP contribution in [0, 0.1) is 17.3 Å². The molecule has 5 nitrogen and oxygen atoms in total. The maximum absolute atomic E-state index is 12.8. The van der Waals surface area contributed by atoms with E-state index >= 15 is 0 Å². The summed E-state index contributed by atoms with van der Waals surface area (Å²) in [6.45, 7) is 11.3. The molecule has 2 bridgehead atoms. The van der Waals surface area contributed by atoms with Gasteiger partial charge in [-0.05, 0) is 43.2 Å². The molecule has 1 aliphatic carbocycles. The van der Waals surface area contributed by atoms with Gasteiger partial charge >= 0.3 is 0 Å². The van der Waals surface area contributed by atoms with E-state index in [0.717, 1.165) is 65.0 Å². The van der Waals surface area contributed by atoms with Gasteiger partial charge in [-0.2, -0.15) is 0 Å². The molecule has 2 aliphatic heterocycles. The van der Waals surface area contributed by atoms with E-state index in [1.165, 1.54) is 5.56 Å². The van der Waals surface area contributed by atoms with Gasteiger partial charge in [-0.3, -0.25) is 19.4 Å². The maximum Gasteiger partial charge on any atom is 0.232 e. The molecule has 29 heavy (non-hydrogen) atoms. The first-order chi connectivity index (χ1) is 14.0. The van der Waals surface area contributed by atoms with Crippen LogP contribution >= 0.6 is 0 Å². The lowest BCUT2D eigenvalue weighted by atomic mass is 9.71. The minimum absolute atomic E-state index is 0.0443. The van der Waals surface area contributed by atoms with Gasteiger partial charge in [0.1, 0.15) is 0 Å². The molecule has 2 amide bonds. The largest absolute Gasteiger partial charge is 0.301 e. The highest BCUT2D eigenvalue weighted by Gasteiger charge is 2.56. The average molecular weight is 398 g/mol. The third-order valence-corrected chi connectivity index (χ3v) is 7.49. The smallest absolute Gasteiger partial charge is 0.232 e. The lowest BCUT2D eigenvalue weighted by Crippen LogP contribution is -2.54. The molecule has 0 spiro atoms. The number of imide groups is 1. The summed E-state index contributed by atoms with van der Waals surface area (Å²) in [5.74, 6) is 0.261. The van der Waals surface area contributed by atoms with Gasteiger partial charge < -0.3 is 4.90 Å². The van der Waals surface area contributed by atoms with Crippen LogP contribution in [0.1, 0.15) is 45.1 Å². The van der Waals surface area contributed by atoms with E-state index < -0.39 is 0 Å². The van der Waals surface area contributed by atoms with Crippen LogP contribution in [0.2, 0.25) is 0 Å². The Morgan fingerprint density at radius 1 is 0.828 bits per heavy atom. The van der Waals surface area contributed by atoms with Gasteiger partial charge in [-0.25, -0.2) is 0 Å². The minimum Gasteiger partial charge on any atom is -0.301 e. The maximum atomic E-state index is 12.8. The number of benzene rings is 1. The summed E-state index contributed by atoms with van der Waals surface area (Å²) in [5.41, 5.74) is 1.23. The van der Waals surface area contributed by atoms with Crippen molar-refractivity contribution in [2.24, 2.45) is 17.3 Å². The highest BCUT2D eigenvalue weighted by atomic mass is 16.2. The summed E-state index contributed by atoms with van der Waals surface area (Å²) in [6, 6.07) is 10.7. The summed E-state index contributed by atoms with van der Waals surface area (Å²) in [6.07, 6.45) is 3.73. The van der Waals surface area contributed by atoms with E-state index in [1.54, 1.807) is 4.90 Å². The molecule has 1 saturated carbocycles. The molecule has 0 unspecified atom stereocenters. The third kappa shape index (κ3) is 4.26. The number of carbonyl (C=O) groups is 2. The van der Waals surface area contributed by atoms with Crippen molar-refractivity contribution in [1.29, 1.82) is 0 Å². The van der Waals surface area contributed by atoms with Gasteiger partial charge in [-0.1, -0.05) is 44.2 Å². The number of piperazine rings is 1. The molecule has 2 heterocycles. The molecule has 3 fully saturated rings. The van der Waals surface area contributed by atoms with Crippen LogP contribution < -0.4 is 0 Å². The number of hydrogen-bond donors (Lipinski definition) is 0. The van der Waals surface area contributed by atoms with Gasteiger partial charge in [-0.15, -0.1) is 0 Å².